The van der Waals surface area contributed by atoms with E-state index in [9.17, 15) is 4.79 Å². The van der Waals surface area contributed by atoms with E-state index in [1.54, 1.807) is 13.0 Å². The van der Waals surface area contributed by atoms with Crippen molar-refractivity contribution < 1.29 is 14.6 Å². The summed E-state index contributed by atoms with van der Waals surface area (Å²) in [7, 11) is 0. The van der Waals surface area contributed by atoms with Crippen molar-refractivity contribution in [3.63, 3.8) is 0 Å². The predicted octanol–water partition coefficient (Wildman–Crippen LogP) is 3.18. The molecule has 0 aliphatic rings. The van der Waals surface area contributed by atoms with Crippen LogP contribution in [0.25, 0.3) is 0 Å². The number of hydrogen-bond acceptors (Lipinski definition) is 2. The second-order valence-electron chi connectivity index (χ2n) is 4.21. The molecule has 0 fully saturated rings. The number of carbonyl (C=O) groups is 1. The SMILES string of the molecule is Cc1cc(C(C)OC(C)C)ccc1C(=O)O. The van der Waals surface area contributed by atoms with Crippen LogP contribution in [0.3, 0.4) is 0 Å². The molecule has 0 bridgehead atoms. The van der Waals surface area contributed by atoms with E-state index >= 15 is 0 Å². The first-order valence-electron chi connectivity index (χ1n) is 5.41. The fourth-order valence-corrected chi connectivity index (χ4v) is 1.67. The molecule has 0 saturated heterocycles. The van der Waals surface area contributed by atoms with E-state index in [1.807, 2.05) is 32.9 Å². The number of benzene rings is 1. The molecule has 1 aromatic rings. The monoisotopic (exact) mass is 222 g/mol. The molecule has 3 nitrogen and oxygen atoms in total. The lowest BCUT2D eigenvalue weighted by Gasteiger charge is -2.17. The molecule has 16 heavy (non-hydrogen) atoms. The Hall–Kier alpha value is -1.35. The van der Waals surface area contributed by atoms with Crippen LogP contribution < -0.4 is 0 Å². The second-order valence-corrected chi connectivity index (χ2v) is 4.21. The molecule has 0 aliphatic heterocycles. The number of carboxylic acids is 1. The Labute approximate surface area is 96.1 Å². The van der Waals surface area contributed by atoms with Crippen molar-refractivity contribution in [2.45, 2.75) is 39.9 Å². The van der Waals surface area contributed by atoms with Gasteiger partial charge in [0.15, 0.2) is 0 Å². The summed E-state index contributed by atoms with van der Waals surface area (Å²) in [6.07, 6.45) is 0.149. The lowest BCUT2D eigenvalue weighted by molar-refractivity contribution is 0.0178. The first-order chi connectivity index (χ1) is 7.41. The molecule has 0 saturated carbocycles. The second kappa shape index (κ2) is 5.12. The maximum Gasteiger partial charge on any atom is 0.335 e. The van der Waals surface area contributed by atoms with E-state index in [0.717, 1.165) is 11.1 Å². The van der Waals surface area contributed by atoms with Crippen molar-refractivity contribution in [2.75, 3.05) is 0 Å². The van der Waals surface area contributed by atoms with Crippen LogP contribution in [0.5, 0.6) is 0 Å². The highest BCUT2D eigenvalue weighted by molar-refractivity contribution is 5.89. The van der Waals surface area contributed by atoms with Gasteiger partial charge >= 0.3 is 5.97 Å². The van der Waals surface area contributed by atoms with Gasteiger partial charge in [-0.1, -0.05) is 12.1 Å². The maximum atomic E-state index is 10.8. The van der Waals surface area contributed by atoms with Crippen LogP contribution in [-0.4, -0.2) is 17.2 Å². The molecule has 1 aromatic carbocycles. The molecule has 1 N–H and O–H groups in total. The van der Waals surface area contributed by atoms with Crippen molar-refractivity contribution >= 4 is 5.97 Å². The Bertz CT molecular complexity index is 383. The van der Waals surface area contributed by atoms with Gasteiger partial charge in [-0.25, -0.2) is 4.79 Å². The van der Waals surface area contributed by atoms with Gasteiger partial charge in [0.1, 0.15) is 0 Å². The molecular formula is C13H18O3. The molecule has 0 aliphatic carbocycles. The minimum Gasteiger partial charge on any atom is -0.478 e. The molecule has 0 radical (unpaired) electrons. The average Bonchev–Trinajstić information content (AvgIpc) is 2.15. The summed E-state index contributed by atoms with van der Waals surface area (Å²) in [6.45, 7) is 7.73. The van der Waals surface area contributed by atoms with Crippen LogP contribution in [0.1, 0.15) is 48.4 Å². The zero-order valence-electron chi connectivity index (χ0n) is 10.2. The van der Waals surface area contributed by atoms with Gasteiger partial charge < -0.3 is 9.84 Å². The van der Waals surface area contributed by atoms with Crippen molar-refractivity contribution in [3.05, 3.63) is 34.9 Å². The van der Waals surface area contributed by atoms with Crippen LogP contribution in [0.4, 0.5) is 0 Å². The van der Waals surface area contributed by atoms with Gasteiger partial charge in [0.2, 0.25) is 0 Å². The highest BCUT2D eigenvalue weighted by Gasteiger charge is 2.12. The van der Waals surface area contributed by atoms with Crippen LogP contribution in [0.15, 0.2) is 18.2 Å². The number of ether oxygens (including phenoxy) is 1. The molecule has 0 heterocycles. The topological polar surface area (TPSA) is 46.5 Å². The van der Waals surface area contributed by atoms with E-state index in [0.29, 0.717) is 5.56 Å². The summed E-state index contributed by atoms with van der Waals surface area (Å²) >= 11 is 0. The van der Waals surface area contributed by atoms with E-state index in [-0.39, 0.29) is 12.2 Å². The summed E-state index contributed by atoms with van der Waals surface area (Å²) in [6, 6.07) is 5.31. The van der Waals surface area contributed by atoms with E-state index in [1.165, 1.54) is 0 Å². The van der Waals surface area contributed by atoms with Gasteiger partial charge in [0.25, 0.3) is 0 Å². The van der Waals surface area contributed by atoms with Crippen molar-refractivity contribution in [2.24, 2.45) is 0 Å². The standard InChI is InChI=1S/C13H18O3/c1-8(2)16-10(4)11-5-6-12(13(14)15)9(3)7-11/h5-8,10H,1-4H3,(H,14,15). The quantitative estimate of drug-likeness (QED) is 0.851. The molecule has 1 rings (SSSR count). The third-order valence-electron chi connectivity index (χ3n) is 2.43. The Morgan fingerprint density at radius 3 is 2.38 bits per heavy atom. The third kappa shape index (κ3) is 3.07. The van der Waals surface area contributed by atoms with Crippen molar-refractivity contribution in [1.82, 2.24) is 0 Å². The van der Waals surface area contributed by atoms with Gasteiger partial charge in [0.05, 0.1) is 17.8 Å². The largest absolute Gasteiger partial charge is 0.478 e. The molecule has 0 spiro atoms. The highest BCUT2D eigenvalue weighted by atomic mass is 16.5. The van der Waals surface area contributed by atoms with Crippen LogP contribution in [0, 0.1) is 6.92 Å². The Balaban J connectivity index is 2.92. The number of carboxylic acid groups (broad SMARTS) is 1. The van der Waals surface area contributed by atoms with Gasteiger partial charge in [0, 0.05) is 0 Å². The fraction of sp³-hybridized carbons (Fsp3) is 0.462. The fourth-order valence-electron chi connectivity index (χ4n) is 1.67. The number of rotatable bonds is 4. The Kier molecular flexibility index (Phi) is 4.07. The molecule has 0 aromatic heterocycles. The summed E-state index contributed by atoms with van der Waals surface area (Å²) in [5.74, 6) is -0.888. The van der Waals surface area contributed by atoms with E-state index in [4.69, 9.17) is 9.84 Å². The van der Waals surface area contributed by atoms with Gasteiger partial charge in [-0.2, -0.15) is 0 Å². The molecule has 88 valence electrons. The number of aromatic carboxylic acids is 1. The number of hydrogen-bond donors (Lipinski definition) is 1. The van der Waals surface area contributed by atoms with Crippen LogP contribution in [0.2, 0.25) is 0 Å². The zero-order chi connectivity index (χ0) is 12.3. The first-order valence-corrected chi connectivity index (χ1v) is 5.41. The first kappa shape index (κ1) is 12.7. The summed E-state index contributed by atoms with van der Waals surface area (Å²) in [4.78, 5) is 10.8. The highest BCUT2D eigenvalue weighted by Crippen LogP contribution is 2.21. The lowest BCUT2D eigenvalue weighted by atomic mass is 10.0. The predicted molar refractivity (Wildman–Crippen MR) is 62.8 cm³/mol. The Morgan fingerprint density at radius 1 is 1.31 bits per heavy atom. The maximum absolute atomic E-state index is 10.8. The van der Waals surface area contributed by atoms with Crippen LogP contribution in [-0.2, 0) is 4.74 Å². The van der Waals surface area contributed by atoms with Crippen LogP contribution >= 0.6 is 0 Å². The molecular weight excluding hydrogens is 204 g/mol. The van der Waals surface area contributed by atoms with E-state index in [2.05, 4.69) is 0 Å². The smallest absolute Gasteiger partial charge is 0.335 e. The van der Waals surface area contributed by atoms with Gasteiger partial charge in [-0.05, 0) is 44.9 Å². The minimum atomic E-state index is -0.888. The molecule has 3 heteroatoms. The van der Waals surface area contributed by atoms with Gasteiger partial charge in [-0.3, -0.25) is 0 Å². The number of aryl methyl sites for hydroxylation is 1. The van der Waals surface area contributed by atoms with Crippen molar-refractivity contribution in [1.29, 1.82) is 0 Å². The summed E-state index contributed by atoms with van der Waals surface area (Å²) < 4.78 is 5.64. The normalized spacial score (nSPS) is 12.8. The Morgan fingerprint density at radius 2 is 1.94 bits per heavy atom. The molecule has 1 atom stereocenters. The average molecular weight is 222 g/mol. The summed E-state index contributed by atoms with van der Waals surface area (Å²) in [5, 5.41) is 8.91. The molecule has 0 amide bonds. The molecule has 1 unspecified atom stereocenters. The van der Waals surface area contributed by atoms with Gasteiger partial charge in [-0.15, -0.1) is 0 Å². The van der Waals surface area contributed by atoms with E-state index < -0.39 is 5.97 Å². The minimum absolute atomic E-state index is 0.0125. The zero-order valence-corrected chi connectivity index (χ0v) is 10.2. The summed E-state index contributed by atoms with van der Waals surface area (Å²) in [5.41, 5.74) is 2.13. The van der Waals surface area contributed by atoms with Crippen molar-refractivity contribution in [3.8, 4) is 0 Å². The lowest BCUT2D eigenvalue weighted by Crippen LogP contribution is -2.08. The third-order valence-corrected chi connectivity index (χ3v) is 2.43.